The largest absolute Gasteiger partial charge is 0.491 e. The first kappa shape index (κ1) is 34.5. The van der Waals surface area contributed by atoms with Crippen LogP contribution in [0, 0.1) is 0 Å². The maximum absolute atomic E-state index is 11.3. The van der Waals surface area contributed by atoms with Crippen molar-refractivity contribution in [3.05, 3.63) is 138 Å². The summed E-state index contributed by atoms with van der Waals surface area (Å²) in [7, 11) is 0. The molecule has 0 fully saturated rings. The molecule has 240 valence electrons. The van der Waals surface area contributed by atoms with Crippen LogP contribution in [0.15, 0.2) is 115 Å². The summed E-state index contributed by atoms with van der Waals surface area (Å²) in [5.74, 6) is 1.36. The van der Waals surface area contributed by atoms with Crippen molar-refractivity contribution in [2.45, 2.75) is 102 Å². The number of aliphatic hydroxyl groups excluding tert-OH is 1. The van der Waals surface area contributed by atoms with Crippen LogP contribution in [0.1, 0.15) is 113 Å². The standard InChI is InChI=1S/C42H54O3/c1-3-5-6-7-8-9-10-14-24-35(23-4-2)40-31-21-22-32-41(40)44-33-39(43)34-45-42(36-25-15-11-16-26-36,37-27-17-12-18-28-37)38-29-19-13-20-30-38/h11-13,15-22,25-32,35,39,43H,3-10,14,23-24,33-34H2,1-2H3. The van der Waals surface area contributed by atoms with Gasteiger partial charge in [-0.25, -0.2) is 0 Å². The van der Waals surface area contributed by atoms with E-state index in [1.54, 1.807) is 0 Å². The number of para-hydroxylation sites is 1. The van der Waals surface area contributed by atoms with Gasteiger partial charge < -0.3 is 14.6 Å². The Labute approximate surface area is 272 Å². The fraction of sp³-hybridized carbons (Fsp3) is 0.429. The van der Waals surface area contributed by atoms with Crippen molar-refractivity contribution in [1.29, 1.82) is 0 Å². The number of rotatable bonds is 21. The van der Waals surface area contributed by atoms with Crippen LogP contribution in [0.4, 0.5) is 0 Å². The molecule has 0 bridgehead atoms. The summed E-state index contributed by atoms with van der Waals surface area (Å²) in [4.78, 5) is 0. The van der Waals surface area contributed by atoms with Gasteiger partial charge in [-0.1, -0.05) is 181 Å². The van der Waals surface area contributed by atoms with Gasteiger partial charge in [0.15, 0.2) is 0 Å². The predicted molar refractivity (Wildman–Crippen MR) is 188 cm³/mol. The van der Waals surface area contributed by atoms with Crippen molar-refractivity contribution < 1.29 is 14.6 Å². The Balaban J connectivity index is 1.43. The number of benzene rings is 4. The van der Waals surface area contributed by atoms with E-state index >= 15 is 0 Å². The van der Waals surface area contributed by atoms with Crippen molar-refractivity contribution in [1.82, 2.24) is 0 Å². The maximum atomic E-state index is 11.3. The van der Waals surface area contributed by atoms with Crippen LogP contribution in [0.25, 0.3) is 0 Å². The van der Waals surface area contributed by atoms with Gasteiger partial charge in [0.1, 0.15) is 24.1 Å². The molecule has 3 heteroatoms. The van der Waals surface area contributed by atoms with E-state index in [1.165, 1.54) is 63.4 Å². The van der Waals surface area contributed by atoms with Gasteiger partial charge in [-0.2, -0.15) is 0 Å². The van der Waals surface area contributed by atoms with Crippen molar-refractivity contribution in [2.24, 2.45) is 0 Å². The zero-order valence-electron chi connectivity index (χ0n) is 27.6. The summed E-state index contributed by atoms with van der Waals surface area (Å²) >= 11 is 0. The van der Waals surface area contributed by atoms with Crippen LogP contribution in [-0.4, -0.2) is 24.4 Å². The molecule has 0 radical (unpaired) electrons. The molecule has 0 aliphatic carbocycles. The molecule has 0 aromatic heterocycles. The SMILES string of the molecule is CCCCCCCCCCC(CCC)c1ccccc1OCC(O)COC(c1ccccc1)(c1ccccc1)c1ccccc1. The lowest BCUT2D eigenvalue weighted by Gasteiger charge is -2.36. The molecular formula is C42H54O3. The van der Waals surface area contributed by atoms with Gasteiger partial charge in [0.2, 0.25) is 0 Å². The van der Waals surface area contributed by atoms with Gasteiger partial charge in [0.05, 0.1) is 6.61 Å². The molecule has 4 rings (SSSR count). The second-order valence-corrected chi connectivity index (χ2v) is 12.3. The van der Waals surface area contributed by atoms with Crippen molar-refractivity contribution in [2.75, 3.05) is 13.2 Å². The van der Waals surface area contributed by atoms with Gasteiger partial charge in [-0.3, -0.25) is 0 Å². The highest BCUT2D eigenvalue weighted by molar-refractivity contribution is 5.47. The molecule has 0 saturated heterocycles. The Bertz CT molecular complexity index is 1230. The van der Waals surface area contributed by atoms with Crippen molar-refractivity contribution in [3.8, 4) is 5.75 Å². The fourth-order valence-corrected chi connectivity index (χ4v) is 6.50. The second-order valence-electron chi connectivity index (χ2n) is 12.3. The summed E-state index contributed by atoms with van der Waals surface area (Å²) in [5, 5.41) is 11.3. The van der Waals surface area contributed by atoms with Gasteiger partial charge >= 0.3 is 0 Å². The lowest BCUT2D eigenvalue weighted by molar-refractivity contribution is -0.0494. The van der Waals surface area contributed by atoms with Gasteiger partial charge in [-0.05, 0) is 47.1 Å². The average Bonchev–Trinajstić information content (AvgIpc) is 3.10. The summed E-state index contributed by atoms with van der Waals surface area (Å²) < 4.78 is 13.2. The third-order valence-electron chi connectivity index (χ3n) is 8.87. The number of ether oxygens (including phenoxy) is 2. The molecule has 0 aliphatic heterocycles. The Morgan fingerprint density at radius 2 is 1.02 bits per heavy atom. The number of hydrogen-bond donors (Lipinski definition) is 1. The highest BCUT2D eigenvalue weighted by atomic mass is 16.5. The molecule has 0 amide bonds. The Kier molecular flexibility index (Phi) is 14.7. The van der Waals surface area contributed by atoms with E-state index in [2.05, 4.69) is 68.4 Å². The van der Waals surface area contributed by atoms with E-state index in [9.17, 15) is 5.11 Å². The van der Waals surface area contributed by atoms with E-state index in [0.717, 1.165) is 35.3 Å². The van der Waals surface area contributed by atoms with Crippen LogP contribution in [0.2, 0.25) is 0 Å². The predicted octanol–water partition coefficient (Wildman–Crippen LogP) is 10.8. The molecule has 0 heterocycles. The maximum Gasteiger partial charge on any atom is 0.143 e. The molecule has 45 heavy (non-hydrogen) atoms. The Morgan fingerprint density at radius 3 is 1.56 bits per heavy atom. The summed E-state index contributed by atoms with van der Waals surface area (Å²) in [6.07, 6.45) is 13.4. The van der Waals surface area contributed by atoms with E-state index in [1.807, 2.05) is 60.7 Å². The minimum atomic E-state index is -0.870. The fourth-order valence-electron chi connectivity index (χ4n) is 6.50. The van der Waals surface area contributed by atoms with Crippen LogP contribution < -0.4 is 4.74 Å². The number of aliphatic hydroxyl groups is 1. The van der Waals surface area contributed by atoms with Gasteiger partial charge in [-0.15, -0.1) is 0 Å². The summed E-state index contributed by atoms with van der Waals surface area (Å²) in [6.45, 7) is 4.83. The van der Waals surface area contributed by atoms with Crippen LogP contribution in [0.3, 0.4) is 0 Å². The lowest BCUT2D eigenvalue weighted by atomic mass is 9.80. The van der Waals surface area contributed by atoms with Crippen LogP contribution in [-0.2, 0) is 10.3 Å². The molecule has 2 unspecified atom stereocenters. The Morgan fingerprint density at radius 1 is 0.533 bits per heavy atom. The van der Waals surface area contributed by atoms with Crippen molar-refractivity contribution >= 4 is 0 Å². The summed E-state index contributed by atoms with van der Waals surface area (Å²) in [5.41, 5.74) is 3.45. The third kappa shape index (κ3) is 10.0. The first-order chi connectivity index (χ1) is 22.2. The molecule has 1 N–H and O–H groups in total. The van der Waals surface area contributed by atoms with E-state index in [-0.39, 0.29) is 13.2 Å². The molecule has 3 nitrogen and oxygen atoms in total. The molecule has 2 atom stereocenters. The minimum Gasteiger partial charge on any atom is -0.491 e. The zero-order chi connectivity index (χ0) is 31.6. The molecule has 0 aliphatic rings. The van der Waals surface area contributed by atoms with Crippen LogP contribution >= 0.6 is 0 Å². The van der Waals surface area contributed by atoms with E-state index in [4.69, 9.17) is 9.47 Å². The lowest BCUT2D eigenvalue weighted by Crippen LogP contribution is -2.37. The van der Waals surface area contributed by atoms with Gasteiger partial charge in [0.25, 0.3) is 0 Å². The number of unbranched alkanes of at least 4 members (excludes halogenated alkanes) is 7. The highest BCUT2D eigenvalue weighted by Crippen LogP contribution is 2.40. The monoisotopic (exact) mass is 606 g/mol. The molecule has 0 saturated carbocycles. The Hall–Kier alpha value is -3.40. The topological polar surface area (TPSA) is 38.7 Å². The first-order valence-corrected chi connectivity index (χ1v) is 17.4. The summed E-state index contributed by atoms with van der Waals surface area (Å²) in [6, 6.07) is 39.3. The molecule has 4 aromatic carbocycles. The third-order valence-corrected chi connectivity index (χ3v) is 8.87. The molecule has 0 spiro atoms. The first-order valence-electron chi connectivity index (χ1n) is 17.4. The normalized spacial score (nSPS) is 13.0. The highest BCUT2D eigenvalue weighted by Gasteiger charge is 2.38. The average molecular weight is 607 g/mol. The number of hydrogen-bond acceptors (Lipinski definition) is 3. The smallest absolute Gasteiger partial charge is 0.143 e. The van der Waals surface area contributed by atoms with Gasteiger partial charge in [0, 0.05) is 0 Å². The molecular weight excluding hydrogens is 552 g/mol. The van der Waals surface area contributed by atoms with E-state index in [0.29, 0.717) is 5.92 Å². The zero-order valence-corrected chi connectivity index (χ0v) is 27.6. The van der Waals surface area contributed by atoms with Crippen LogP contribution in [0.5, 0.6) is 5.75 Å². The molecule has 4 aromatic rings. The quantitative estimate of drug-likeness (QED) is 0.0757. The second kappa shape index (κ2) is 19.2. The van der Waals surface area contributed by atoms with Crippen molar-refractivity contribution in [3.63, 3.8) is 0 Å². The minimum absolute atomic E-state index is 0.123. The van der Waals surface area contributed by atoms with E-state index < -0.39 is 11.7 Å².